The van der Waals surface area contributed by atoms with Gasteiger partial charge in [-0.25, -0.2) is 0 Å². The summed E-state index contributed by atoms with van der Waals surface area (Å²) >= 11 is 0. The number of nitrogens with one attached hydrogen (secondary N) is 1. The predicted octanol–water partition coefficient (Wildman–Crippen LogP) is 3.49. The molecule has 2 aromatic carbocycles. The number of ether oxygens (including phenoxy) is 3. The van der Waals surface area contributed by atoms with Crippen LogP contribution in [0.2, 0.25) is 0 Å². The van der Waals surface area contributed by atoms with Crippen molar-refractivity contribution < 1.29 is 19.0 Å². The molecule has 0 radical (unpaired) electrons. The SMILES string of the molecule is COc1ccc(C(=O)NCC2CCCO2)cc1COc1ccccc1C. The molecule has 0 spiro atoms. The Hall–Kier alpha value is -2.53. The second kappa shape index (κ2) is 8.72. The van der Waals surface area contributed by atoms with Crippen molar-refractivity contribution in [3.63, 3.8) is 0 Å². The lowest BCUT2D eigenvalue weighted by molar-refractivity contribution is 0.0857. The maximum absolute atomic E-state index is 12.4. The minimum atomic E-state index is -0.111. The number of benzene rings is 2. The van der Waals surface area contributed by atoms with E-state index in [1.54, 1.807) is 19.2 Å². The van der Waals surface area contributed by atoms with Crippen molar-refractivity contribution in [2.24, 2.45) is 0 Å². The highest BCUT2D eigenvalue weighted by atomic mass is 16.5. The average Bonchev–Trinajstić information content (AvgIpc) is 3.19. The van der Waals surface area contributed by atoms with E-state index in [0.29, 0.717) is 24.5 Å². The highest BCUT2D eigenvalue weighted by molar-refractivity contribution is 5.94. The number of methoxy groups -OCH3 is 1. The Morgan fingerprint density at radius 2 is 2.08 bits per heavy atom. The van der Waals surface area contributed by atoms with E-state index >= 15 is 0 Å². The van der Waals surface area contributed by atoms with E-state index in [9.17, 15) is 4.79 Å². The molecule has 0 aromatic heterocycles. The van der Waals surface area contributed by atoms with Gasteiger partial charge in [0.15, 0.2) is 0 Å². The van der Waals surface area contributed by atoms with Gasteiger partial charge >= 0.3 is 0 Å². The molecule has 138 valence electrons. The van der Waals surface area contributed by atoms with Crippen LogP contribution in [0.25, 0.3) is 0 Å². The van der Waals surface area contributed by atoms with Crippen molar-refractivity contribution in [3.05, 3.63) is 59.2 Å². The molecule has 0 aliphatic carbocycles. The molecule has 0 saturated carbocycles. The molecule has 26 heavy (non-hydrogen) atoms. The lowest BCUT2D eigenvalue weighted by Crippen LogP contribution is -2.31. The van der Waals surface area contributed by atoms with E-state index in [1.165, 1.54) is 0 Å². The zero-order chi connectivity index (χ0) is 18.4. The maximum atomic E-state index is 12.4. The Morgan fingerprint density at radius 3 is 2.81 bits per heavy atom. The normalized spacial score (nSPS) is 16.3. The molecule has 1 amide bonds. The highest BCUT2D eigenvalue weighted by Crippen LogP contribution is 2.24. The Balaban J connectivity index is 1.67. The summed E-state index contributed by atoms with van der Waals surface area (Å²) in [7, 11) is 1.61. The summed E-state index contributed by atoms with van der Waals surface area (Å²) in [5.41, 5.74) is 2.49. The van der Waals surface area contributed by atoms with Crippen LogP contribution in [0.5, 0.6) is 11.5 Å². The molecule has 1 heterocycles. The zero-order valence-corrected chi connectivity index (χ0v) is 15.3. The number of hydrogen-bond donors (Lipinski definition) is 1. The van der Waals surface area contributed by atoms with Crippen LogP contribution in [0.1, 0.15) is 34.3 Å². The largest absolute Gasteiger partial charge is 0.496 e. The van der Waals surface area contributed by atoms with E-state index < -0.39 is 0 Å². The molecular weight excluding hydrogens is 330 g/mol. The topological polar surface area (TPSA) is 56.8 Å². The standard InChI is InChI=1S/C21H25NO4/c1-15-6-3-4-8-19(15)26-14-17-12-16(9-10-20(17)24-2)21(23)22-13-18-7-5-11-25-18/h3-4,6,8-10,12,18H,5,7,11,13-14H2,1-2H3,(H,22,23). The van der Waals surface area contributed by atoms with Crippen molar-refractivity contribution in [1.29, 1.82) is 0 Å². The Bertz CT molecular complexity index is 753. The summed E-state index contributed by atoms with van der Waals surface area (Å²) in [5.74, 6) is 1.41. The highest BCUT2D eigenvalue weighted by Gasteiger charge is 2.17. The van der Waals surface area contributed by atoms with Crippen LogP contribution < -0.4 is 14.8 Å². The number of aryl methyl sites for hydroxylation is 1. The Morgan fingerprint density at radius 1 is 1.23 bits per heavy atom. The van der Waals surface area contributed by atoms with Gasteiger partial charge in [-0.15, -0.1) is 0 Å². The van der Waals surface area contributed by atoms with Crippen molar-refractivity contribution in [2.45, 2.75) is 32.5 Å². The van der Waals surface area contributed by atoms with Crippen LogP contribution >= 0.6 is 0 Å². The first-order chi connectivity index (χ1) is 12.7. The summed E-state index contributed by atoms with van der Waals surface area (Å²) < 4.78 is 16.9. The lowest BCUT2D eigenvalue weighted by atomic mass is 10.1. The molecule has 5 nitrogen and oxygen atoms in total. The van der Waals surface area contributed by atoms with E-state index in [2.05, 4.69) is 5.32 Å². The molecule has 2 aromatic rings. The quantitative estimate of drug-likeness (QED) is 0.826. The van der Waals surface area contributed by atoms with E-state index in [4.69, 9.17) is 14.2 Å². The zero-order valence-electron chi connectivity index (χ0n) is 15.3. The summed E-state index contributed by atoms with van der Waals surface area (Å²) in [5, 5.41) is 2.94. The van der Waals surface area contributed by atoms with Crippen LogP contribution in [0.15, 0.2) is 42.5 Å². The van der Waals surface area contributed by atoms with Crippen LogP contribution in [0.4, 0.5) is 0 Å². The van der Waals surface area contributed by atoms with Crippen molar-refractivity contribution >= 4 is 5.91 Å². The van der Waals surface area contributed by atoms with Gasteiger partial charge in [0.1, 0.15) is 18.1 Å². The summed E-state index contributed by atoms with van der Waals surface area (Å²) in [6, 6.07) is 13.2. The van der Waals surface area contributed by atoms with E-state index in [0.717, 1.165) is 36.3 Å². The molecular formula is C21H25NO4. The van der Waals surface area contributed by atoms with Gasteiger partial charge in [-0.3, -0.25) is 4.79 Å². The fourth-order valence-corrected chi connectivity index (χ4v) is 3.02. The molecule has 1 aliphatic heterocycles. The van der Waals surface area contributed by atoms with Crippen LogP contribution in [-0.4, -0.2) is 32.3 Å². The van der Waals surface area contributed by atoms with Gasteiger partial charge < -0.3 is 19.5 Å². The smallest absolute Gasteiger partial charge is 0.251 e. The third-order valence-corrected chi connectivity index (χ3v) is 4.53. The molecule has 0 bridgehead atoms. The van der Waals surface area contributed by atoms with Crippen molar-refractivity contribution in [3.8, 4) is 11.5 Å². The molecule has 1 N–H and O–H groups in total. The fraction of sp³-hybridized carbons (Fsp3) is 0.381. The van der Waals surface area contributed by atoms with Gasteiger partial charge in [-0.2, -0.15) is 0 Å². The molecule has 3 rings (SSSR count). The third-order valence-electron chi connectivity index (χ3n) is 4.53. The van der Waals surface area contributed by atoms with E-state index in [-0.39, 0.29) is 12.0 Å². The number of hydrogen-bond acceptors (Lipinski definition) is 4. The summed E-state index contributed by atoms with van der Waals surface area (Å²) in [6.07, 6.45) is 2.18. The van der Waals surface area contributed by atoms with Crippen LogP contribution in [-0.2, 0) is 11.3 Å². The van der Waals surface area contributed by atoms with Gasteiger partial charge in [0.25, 0.3) is 5.91 Å². The Kier molecular flexibility index (Phi) is 6.12. The fourth-order valence-electron chi connectivity index (χ4n) is 3.02. The van der Waals surface area contributed by atoms with Gasteiger partial charge in [0, 0.05) is 24.3 Å². The number of carbonyl (C=O) groups is 1. The molecule has 1 saturated heterocycles. The third kappa shape index (κ3) is 4.55. The Labute approximate surface area is 154 Å². The summed E-state index contributed by atoms with van der Waals surface area (Å²) in [4.78, 5) is 12.4. The van der Waals surface area contributed by atoms with Gasteiger partial charge in [0.05, 0.1) is 13.2 Å². The first kappa shape index (κ1) is 18.3. The average molecular weight is 355 g/mol. The first-order valence-corrected chi connectivity index (χ1v) is 8.92. The lowest BCUT2D eigenvalue weighted by Gasteiger charge is -2.14. The monoisotopic (exact) mass is 355 g/mol. The van der Waals surface area contributed by atoms with Gasteiger partial charge in [-0.1, -0.05) is 18.2 Å². The van der Waals surface area contributed by atoms with Crippen molar-refractivity contribution in [2.75, 3.05) is 20.3 Å². The van der Waals surface area contributed by atoms with Crippen LogP contribution in [0.3, 0.4) is 0 Å². The van der Waals surface area contributed by atoms with E-state index in [1.807, 2.05) is 37.3 Å². The summed E-state index contributed by atoms with van der Waals surface area (Å²) in [6.45, 7) is 3.66. The molecule has 1 atom stereocenters. The van der Waals surface area contributed by atoms with Crippen molar-refractivity contribution in [1.82, 2.24) is 5.32 Å². The number of amides is 1. The second-order valence-electron chi connectivity index (χ2n) is 6.43. The number of rotatable bonds is 7. The first-order valence-electron chi connectivity index (χ1n) is 8.92. The predicted molar refractivity (Wildman–Crippen MR) is 99.8 cm³/mol. The van der Waals surface area contributed by atoms with Gasteiger partial charge in [-0.05, 0) is 49.6 Å². The molecule has 1 aliphatic rings. The minimum absolute atomic E-state index is 0.111. The number of para-hydroxylation sites is 1. The van der Waals surface area contributed by atoms with Gasteiger partial charge in [0.2, 0.25) is 0 Å². The second-order valence-corrected chi connectivity index (χ2v) is 6.43. The minimum Gasteiger partial charge on any atom is -0.496 e. The molecule has 1 unspecified atom stereocenters. The maximum Gasteiger partial charge on any atom is 0.251 e. The molecule has 1 fully saturated rings. The van der Waals surface area contributed by atoms with Crippen LogP contribution in [0, 0.1) is 6.92 Å². The molecule has 5 heteroatoms. The number of carbonyl (C=O) groups excluding carboxylic acids is 1.